The molecule has 4 nitrogen and oxygen atoms in total. The number of hydrogen-bond acceptors (Lipinski definition) is 3. The molecule has 3 N–H and O–H groups in total. The fourth-order valence-corrected chi connectivity index (χ4v) is 6.34. The summed E-state index contributed by atoms with van der Waals surface area (Å²) in [7, 11) is -1.93. The molecule has 2 rings (SSSR count). The molecule has 1 aromatic carbocycles. The standard InChI is InChI=1S/C15H23NO3Si/c1-20(2,10-12-6-4-3-5-7-12)15(11-17)9-8-13(19-15)14(16)18/h3-7,13,17H,8-11H2,1-2H3,(H2,16,18)/t13-,15-/m1/s1. The van der Waals surface area contributed by atoms with Crippen molar-refractivity contribution in [3.8, 4) is 0 Å². The number of ether oxygens (including phenoxy) is 1. The molecule has 1 amide bonds. The molecule has 0 saturated carbocycles. The molecule has 0 aromatic heterocycles. The average Bonchev–Trinajstić information content (AvgIpc) is 2.86. The minimum Gasteiger partial charge on any atom is -0.394 e. The fourth-order valence-electron chi connectivity index (χ4n) is 3.05. The van der Waals surface area contributed by atoms with Crippen LogP contribution in [0.4, 0.5) is 0 Å². The summed E-state index contributed by atoms with van der Waals surface area (Å²) in [5, 5.41) is 9.32. The number of benzene rings is 1. The highest BCUT2D eigenvalue weighted by molar-refractivity contribution is 6.79. The van der Waals surface area contributed by atoms with Crippen LogP contribution in [-0.4, -0.2) is 37.0 Å². The lowest BCUT2D eigenvalue weighted by Gasteiger charge is -2.41. The first-order chi connectivity index (χ1) is 9.40. The van der Waals surface area contributed by atoms with Crippen molar-refractivity contribution in [2.75, 3.05) is 6.61 Å². The van der Waals surface area contributed by atoms with Crippen molar-refractivity contribution in [3.05, 3.63) is 35.9 Å². The Morgan fingerprint density at radius 3 is 2.60 bits per heavy atom. The lowest BCUT2D eigenvalue weighted by atomic mass is 10.2. The van der Waals surface area contributed by atoms with Gasteiger partial charge < -0.3 is 15.6 Å². The smallest absolute Gasteiger partial charge is 0.246 e. The summed E-state index contributed by atoms with van der Waals surface area (Å²) in [6, 6.07) is 11.1. The van der Waals surface area contributed by atoms with Gasteiger partial charge in [0.1, 0.15) is 6.10 Å². The lowest BCUT2D eigenvalue weighted by Crippen LogP contribution is -2.59. The molecule has 0 spiro atoms. The molecule has 0 unspecified atom stereocenters. The van der Waals surface area contributed by atoms with E-state index in [4.69, 9.17) is 10.5 Å². The first-order valence-corrected chi connectivity index (χ1v) is 10.2. The molecule has 0 radical (unpaired) electrons. The zero-order chi connectivity index (χ0) is 14.8. The Kier molecular flexibility index (Phi) is 4.32. The summed E-state index contributed by atoms with van der Waals surface area (Å²) in [5.74, 6) is -0.426. The molecule has 1 aliphatic rings. The zero-order valence-electron chi connectivity index (χ0n) is 12.1. The van der Waals surface area contributed by atoms with E-state index >= 15 is 0 Å². The second-order valence-corrected chi connectivity index (χ2v) is 11.3. The Morgan fingerprint density at radius 2 is 2.10 bits per heavy atom. The van der Waals surface area contributed by atoms with Gasteiger partial charge in [-0.25, -0.2) is 0 Å². The van der Waals surface area contributed by atoms with Crippen LogP contribution in [0.15, 0.2) is 30.3 Å². The quantitative estimate of drug-likeness (QED) is 0.806. The number of amides is 1. The summed E-state index contributed by atoms with van der Waals surface area (Å²) >= 11 is 0. The van der Waals surface area contributed by atoms with Crippen LogP contribution in [0.2, 0.25) is 13.1 Å². The van der Waals surface area contributed by atoms with Gasteiger partial charge in [0.05, 0.1) is 19.9 Å². The van der Waals surface area contributed by atoms with E-state index in [-0.39, 0.29) is 6.61 Å². The molecule has 1 fully saturated rings. The Hall–Kier alpha value is -1.17. The average molecular weight is 293 g/mol. The number of rotatable bonds is 5. The van der Waals surface area contributed by atoms with Crippen LogP contribution in [0.3, 0.4) is 0 Å². The first-order valence-electron chi connectivity index (χ1n) is 7.02. The topological polar surface area (TPSA) is 72.5 Å². The van der Waals surface area contributed by atoms with Gasteiger partial charge in [-0.2, -0.15) is 0 Å². The fraction of sp³-hybridized carbons (Fsp3) is 0.533. The third kappa shape index (κ3) is 2.80. The SMILES string of the molecule is C[Si](C)(Cc1ccccc1)[C@@]1(CO)CC[C@H](C(N)=O)O1. The Morgan fingerprint density at radius 1 is 1.45 bits per heavy atom. The first kappa shape index (κ1) is 15.2. The molecule has 5 heteroatoms. The van der Waals surface area contributed by atoms with E-state index in [2.05, 4.69) is 25.2 Å². The minimum absolute atomic E-state index is 0.0389. The predicted octanol–water partition coefficient (Wildman–Crippen LogP) is 1.41. The summed E-state index contributed by atoms with van der Waals surface area (Å²) in [6.07, 6.45) is 0.772. The molecule has 1 aliphatic heterocycles. The number of carbonyl (C=O) groups is 1. The molecule has 1 saturated heterocycles. The van der Waals surface area contributed by atoms with Crippen molar-refractivity contribution in [2.45, 2.75) is 43.3 Å². The molecule has 110 valence electrons. The second-order valence-electron chi connectivity index (χ2n) is 6.25. The van der Waals surface area contributed by atoms with Crippen molar-refractivity contribution in [3.63, 3.8) is 0 Å². The molecule has 0 bridgehead atoms. The number of nitrogens with two attached hydrogens (primary N) is 1. The summed E-state index contributed by atoms with van der Waals surface area (Å²) in [4.78, 5) is 11.3. The van der Waals surface area contributed by atoms with Gasteiger partial charge in [0.15, 0.2) is 0 Å². The monoisotopic (exact) mass is 293 g/mol. The van der Waals surface area contributed by atoms with E-state index in [1.165, 1.54) is 5.56 Å². The van der Waals surface area contributed by atoms with Crippen molar-refractivity contribution in [2.24, 2.45) is 5.73 Å². The summed E-state index contributed by atoms with van der Waals surface area (Å²) in [5.41, 5.74) is 6.59. The van der Waals surface area contributed by atoms with Crippen LogP contribution >= 0.6 is 0 Å². The van der Waals surface area contributed by atoms with Gasteiger partial charge in [0, 0.05) is 0 Å². The molecule has 0 aliphatic carbocycles. The van der Waals surface area contributed by atoms with Crippen LogP contribution < -0.4 is 5.73 Å². The van der Waals surface area contributed by atoms with Gasteiger partial charge in [0.2, 0.25) is 5.91 Å². The third-order valence-corrected chi connectivity index (χ3v) is 8.76. The number of aliphatic hydroxyl groups excluding tert-OH is 1. The maximum absolute atomic E-state index is 11.3. The molecule has 1 aromatic rings. The molecular formula is C15H23NO3Si. The number of aliphatic hydroxyl groups is 1. The van der Waals surface area contributed by atoms with Crippen molar-refractivity contribution in [1.82, 2.24) is 0 Å². The van der Waals surface area contributed by atoms with E-state index in [0.717, 1.165) is 6.04 Å². The van der Waals surface area contributed by atoms with Gasteiger partial charge in [-0.05, 0) is 18.9 Å². The second kappa shape index (κ2) is 5.67. The summed E-state index contributed by atoms with van der Waals surface area (Å²) < 4.78 is 5.93. The van der Waals surface area contributed by atoms with Crippen molar-refractivity contribution in [1.29, 1.82) is 0 Å². The minimum atomic E-state index is -1.93. The Labute approximate surface area is 121 Å². The van der Waals surface area contributed by atoms with Gasteiger partial charge in [-0.3, -0.25) is 4.79 Å². The van der Waals surface area contributed by atoms with Crippen LogP contribution in [0, 0.1) is 0 Å². The molecule has 2 atom stereocenters. The van der Waals surface area contributed by atoms with Crippen LogP contribution in [0.1, 0.15) is 18.4 Å². The van der Waals surface area contributed by atoms with E-state index in [9.17, 15) is 9.90 Å². The van der Waals surface area contributed by atoms with E-state index in [1.54, 1.807) is 0 Å². The van der Waals surface area contributed by atoms with Gasteiger partial charge in [-0.1, -0.05) is 49.0 Å². The number of hydrogen-bond donors (Lipinski definition) is 2. The molecule has 20 heavy (non-hydrogen) atoms. The van der Waals surface area contributed by atoms with Gasteiger partial charge in [-0.15, -0.1) is 0 Å². The summed E-state index contributed by atoms with van der Waals surface area (Å²) in [6.45, 7) is 4.38. The number of carbonyl (C=O) groups excluding carboxylic acids is 1. The normalized spacial score (nSPS) is 26.6. The lowest BCUT2D eigenvalue weighted by molar-refractivity contribution is -0.131. The van der Waals surface area contributed by atoms with Crippen LogP contribution in [-0.2, 0) is 15.6 Å². The van der Waals surface area contributed by atoms with Crippen molar-refractivity contribution < 1.29 is 14.6 Å². The van der Waals surface area contributed by atoms with E-state index < -0.39 is 25.3 Å². The zero-order valence-corrected chi connectivity index (χ0v) is 13.1. The Balaban J connectivity index is 2.20. The molecule has 1 heterocycles. The maximum atomic E-state index is 11.3. The largest absolute Gasteiger partial charge is 0.394 e. The predicted molar refractivity (Wildman–Crippen MR) is 80.7 cm³/mol. The van der Waals surface area contributed by atoms with Crippen LogP contribution in [0.25, 0.3) is 0 Å². The highest BCUT2D eigenvalue weighted by Gasteiger charge is 2.53. The van der Waals surface area contributed by atoms with Crippen molar-refractivity contribution >= 4 is 14.0 Å². The van der Waals surface area contributed by atoms with Crippen LogP contribution in [0.5, 0.6) is 0 Å². The number of primary amides is 1. The Bertz CT molecular complexity index is 477. The third-order valence-electron chi connectivity index (χ3n) is 4.47. The maximum Gasteiger partial charge on any atom is 0.246 e. The van der Waals surface area contributed by atoms with Gasteiger partial charge in [0.25, 0.3) is 0 Å². The highest BCUT2D eigenvalue weighted by atomic mass is 28.3. The molecular weight excluding hydrogens is 270 g/mol. The highest BCUT2D eigenvalue weighted by Crippen LogP contribution is 2.39. The van der Waals surface area contributed by atoms with E-state index in [1.807, 2.05) is 18.2 Å². The van der Waals surface area contributed by atoms with E-state index in [0.29, 0.717) is 12.8 Å². The van der Waals surface area contributed by atoms with Gasteiger partial charge >= 0.3 is 0 Å².